The Labute approximate surface area is 107 Å². The number of hydrogen-bond acceptors (Lipinski definition) is 3. The van der Waals surface area contributed by atoms with Crippen LogP contribution in [0.4, 0.5) is 0 Å². The molecular formula is C12H21ClN2S. The maximum atomic E-state index is 5.97. The van der Waals surface area contributed by atoms with Crippen LogP contribution in [0.3, 0.4) is 0 Å². The number of nitrogens with zero attached hydrogens (tertiary/aromatic N) is 1. The van der Waals surface area contributed by atoms with E-state index in [0.717, 1.165) is 17.2 Å². The predicted octanol–water partition coefficient (Wildman–Crippen LogP) is 3.52. The molecular weight excluding hydrogens is 240 g/mol. The second-order valence-corrected chi connectivity index (χ2v) is 5.78. The van der Waals surface area contributed by atoms with Crippen LogP contribution in [-0.4, -0.2) is 24.5 Å². The van der Waals surface area contributed by atoms with Crippen molar-refractivity contribution in [1.29, 1.82) is 0 Å². The number of likely N-dealkylation sites (N-methyl/N-ethyl adjacent to an activating group) is 1. The second kappa shape index (κ2) is 6.60. The number of nitrogens with two attached hydrogens (primary N) is 1. The molecule has 2 nitrogen and oxygen atoms in total. The molecule has 0 saturated carbocycles. The number of hydrogen-bond donors (Lipinski definition) is 1. The van der Waals surface area contributed by atoms with Gasteiger partial charge in [-0.2, -0.15) is 0 Å². The Morgan fingerprint density at radius 3 is 2.38 bits per heavy atom. The fraction of sp³-hybridized carbons (Fsp3) is 0.667. The van der Waals surface area contributed by atoms with Crippen molar-refractivity contribution in [1.82, 2.24) is 4.90 Å². The smallest absolute Gasteiger partial charge is 0.0931 e. The van der Waals surface area contributed by atoms with Gasteiger partial charge in [0.25, 0.3) is 0 Å². The lowest BCUT2D eigenvalue weighted by atomic mass is 10.1. The summed E-state index contributed by atoms with van der Waals surface area (Å²) in [6.07, 6.45) is 2.31. The van der Waals surface area contributed by atoms with Gasteiger partial charge in [-0.1, -0.05) is 25.4 Å². The van der Waals surface area contributed by atoms with Gasteiger partial charge < -0.3 is 5.73 Å². The molecule has 1 heterocycles. The van der Waals surface area contributed by atoms with E-state index < -0.39 is 0 Å². The van der Waals surface area contributed by atoms with E-state index in [-0.39, 0.29) is 0 Å². The molecule has 0 saturated heterocycles. The van der Waals surface area contributed by atoms with E-state index in [1.165, 1.54) is 4.88 Å². The van der Waals surface area contributed by atoms with Crippen LogP contribution >= 0.6 is 22.9 Å². The minimum absolute atomic E-state index is 0.294. The van der Waals surface area contributed by atoms with Crippen LogP contribution in [0.1, 0.15) is 37.6 Å². The summed E-state index contributed by atoms with van der Waals surface area (Å²) in [5.41, 5.74) is 5.88. The van der Waals surface area contributed by atoms with E-state index in [4.69, 9.17) is 17.3 Å². The third-order valence-electron chi connectivity index (χ3n) is 3.16. The molecule has 92 valence electrons. The van der Waals surface area contributed by atoms with Crippen LogP contribution in [0, 0.1) is 0 Å². The van der Waals surface area contributed by atoms with Crippen molar-refractivity contribution in [2.24, 2.45) is 5.73 Å². The summed E-state index contributed by atoms with van der Waals surface area (Å²) in [5.74, 6) is 0. The van der Waals surface area contributed by atoms with Gasteiger partial charge in [0.2, 0.25) is 0 Å². The lowest BCUT2D eigenvalue weighted by Crippen LogP contribution is -2.37. The van der Waals surface area contributed by atoms with Crippen LogP contribution in [0.25, 0.3) is 0 Å². The quantitative estimate of drug-likeness (QED) is 0.848. The molecule has 1 atom stereocenters. The number of halogens is 1. The fourth-order valence-electron chi connectivity index (χ4n) is 2.11. The zero-order valence-corrected chi connectivity index (χ0v) is 11.8. The highest BCUT2D eigenvalue weighted by molar-refractivity contribution is 7.16. The Morgan fingerprint density at radius 2 is 2.00 bits per heavy atom. The number of thiophene rings is 1. The standard InChI is InChI=1S/C12H21ClN2S/c1-4-9(5-2)15(3)10(8-14)11-6-7-12(13)16-11/h6-7,9-10H,4-5,8,14H2,1-3H3. The monoisotopic (exact) mass is 260 g/mol. The Morgan fingerprint density at radius 1 is 1.38 bits per heavy atom. The van der Waals surface area contributed by atoms with Crippen molar-refractivity contribution >= 4 is 22.9 Å². The third kappa shape index (κ3) is 3.20. The molecule has 1 aromatic heterocycles. The average molecular weight is 261 g/mol. The molecule has 0 bridgehead atoms. The molecule has 1 aromatic rings. The van der Waals surface area contributed by atoms with Gasteiger partial charge in [0.15, 0.2) is 0 Å². The van der Waals surface area contributed by atoms with Gasteiger partial charge in [0.1, 0.15) is 0 Å². The van der Waals surface area contributed by atoms with Gasteiger partial charge >= 0.3 is 0 Å². The zero-order chi connectivity index (χ0) is 12.1. The first-order valence-corrected chi connectivity index (χ1v) is 7.00. The lowest BCUT2D eigenvalue weighted by molar-refractivity contribution is 0.170. The van der Waals surface area contributed by atoms with Gasteiger partial charge in [0.05, 0.1) is 10.4 Å². The summed E-state index contributed by atoms with van der Waals surface area (Å²) in [5, 5.41) is 0. The molecule has 16 heavy (non-hydrogen) atoms. The van der Waals surface area contributed by atoms with Crippen LogP contribution in [0.15, 0.2) is 12.1 Å². The molecule has 2 N–H and O–H groups in total. The Balaban J connectivity index is 2.81. The molecule has 4 heteroatoms. The van der Waals surface area contributed by atoms with Gasteiger partial charge in [-0.05, 0) is 32.0 Å². The highest BCUT2D eigenvalue weighted by atomic mass is 35.5. The van der Waals surface area contributed by atoms with Crippen LogP contribution in [0.5, 0.6) is 0 Å². The number of rotatable bonds is 6. The molecule has 0 aliphatic heterocycles. The predicted molar refractivity (Wildman–Crippen MR) is 73.3 cm³/mol. The van der Waals surface area contributed by atoms with E-state index in [1.54, 1.807) is 11.3 Å². The zero-order valence-electron chi connectivity index (χ0n) is 10.2. The first-order valence-electron chi connectivity index (χ1n) is 5.81. The van der Waals surface area contributed by atoms with E-state index >= 15 is 0 Å². The fourth-order valence-corrected chi connectivity index (χ4v) is 3.34. The molecule has 0 fully saturated rings. The molecule has 0 aromatic carbocycles. The van der Waals surface area contributed by atoms with Crippen LogP contribution in [-0.2, 0) is 0 Å². The first kappa shape index (κ1) is 14.0. The highest BCUT2D eigenvalue weighted by Gasteiger charge is 2.22. The van der Waals surface area contributed by atoms with Crippen molar-refractivity contribution in [2.75, 3.05) is 13.6 Å². The van der Waals surface area contributed by atoms with E-state index in [1.807, 2.05) is 6.07 Å². The van der Waals surface area contributed by atoms with Gasteiger partial charge in [-0.25, -0.2) is 0 Å². The Hall–Kier alpha value is -0.0900. The molecule has 0 radical (unpaired) electrons. The van der Waals surface area contributed by atoms with Gasteiger partial charge in [0, 0.05) is 17.5 Å². The summed E-state index contributed by atoms with van der Waals surface area (Å²) in [6.45, 7) is 5.09. The normalized spacial score (nSPS) is 13.7. The summed E-state index contributed by atoms with van der Waals surface area (Å²) in [7, 11) is 2.16. The molecule has 0 spiro atoms. The third-order valence-corrected chi connectivity index (χ3v) is 4.49. The van der Waals surface area contributed by atoms with E-state index in [0.29, 0.717) is 18.6 Å². The summed E-state index contributed by atoms with van der Waals surface area (Å²) in [6, 6.07) is 4.92. The van der Waals surface area contributed by atoms with Crippen LogP contribution in [0.2, 0.25) is 4.34 Å². The minimum atomic E-state index is 0.294. The van der Waals surface area contributed by atoms with E-state index in [2.05, 4.69) is 31.9 Å². The maximum absolute atomic E-state index is 5.97. The Bertz CT molecular complexity index is 310. The van der Waals surface area contributed by atoms with Crippen LogP contribution < -0.4 is 5.73 Å². The van der Waals surface area contributed by atoms with Crippen molar-refractivity contribution in [2.45, 2.75) is 38.8 Å². The van der Waals surface area contributed by atoms with Gasteiger partial charge in [-0.15, -0.1) is 11.3 Å². The molecule has 1 rings (SSSR count). The van der Waals surface area contributed by atoms with Crippen molar-refractivity contribution in [3.63, 3.8) is 0 Å². The summed E-state index contributed by atoms with van der Waals surface area (Å²) >= 11 is 7.60. The molecule has 0 aliphatic carbocycles. The average Bonchev–Trinajstić information content (AvgIpc) is 2.68. The molecule has 1 unspecified atom stereocenters. The maximum Gasteiger partial charge on any atom is 0.0931 e. The minimum Gasteiger partial charge on any atom is -0.329 e. The molecule has 0 aliphatic rings. The topological polar surface area (TPSA) is 29.3 Å². The largest absolute Gasteiger partial charge is 0.329 e. The molecule has 0 amide bonds. The lowest BCUT2D eigenvalue weighted by Gasteiger charge is -2.33. The Kier molecular flexibility index (Phi) is 5.76. The SMILES string of the molecule is CCC(CC)N(C)C(CN)c1ccc(Cl)s1. The summed E-state index contributed by atoms with van der Waals surface area (Å²) < 4.78 is 0.839. The summed E-state index contributed by atoms with van der Waals surface area (Å²) in [4.78, 5) is 3.64. The van der Waals surface area contributed by atoms with E-state index in [9.17, 15) is 0 Å². The van der Waals surface area contributed by atoms with Gasteiger partial charge in [-0.3, -0.25) is 4.90 Å². The second-order valence-electron chi connectivity index (χ2n) is 4.03. The highest BCUT2D eigenvalue weighted by Crippen LogP contribution is 2.31. The van der Waals surface area contributed by atoms with Crippen molar-refractivity contribution in [3.05, 3.63) is 21.3 Å². The first-order chi connectivity index (χ1) is 7.63. The van der Waals surface area contributed by atoms with Crippen molar-refractivity contribution < 1.29 is 0 Å². The van der Waals surface area contributed by atoms with Crippen molar-refractivity contribution in [3.8, 4) is 0 Å².